The van der Waals surface area contributed by atoms with Gasteiger partial charge in [0.25, 0.3) is 0 Å². The molecule has 72 valence electrons. The third-order valence-corrected chi connectivity index (χ3v) is 3.21. The van der Waals surface area contributed by atoms with E-state index < -0.39 is 18.2 Å². The molecule has 0 radical (unpaired) electrons. The van der Waals surface area contributed by atoms with Crippen molar-refractivity contribution in [3.05, 3.63) is 12.2 Å². The van der Waals surface area contributed by atoms with Crippen LogP contribution in [0, 0.1) is 11.8 Å². The lowest BCUT2D eigenvalue weighted by Gasteiger charge is -2.34. The maximum absolute atomic E-state index is 10.0. The Bertz CT molecular complexity index is 264. The van der Waals surface area contributed by atoms with Crippen molar-refractivity contribution in [2.45, 2.75) is 24.6 Å². The van der Waals surface area contributed by atoms with Gasteiger partial charge in [0.05, 0.1) is 12.5 Å². The van der Waals surface area contributed by atoms with E-state index in [0.717, 1.165) is 0 Å². The van der Waals surface area contributed by atoms with Crippen LogP contribution in [0.15, 0.2) is 12.2 Å². The second-order valence-corrected chi connectivity index (χ2v) is 4.05. The molecule has 1 aliphatic carbocycles. The standard InChI is InChI=1S/C9H12O4/c10-6-3-5-1-2-9(11)4-12-8(13-6)7(5)9/h1-2,5-8,10-11H,3-4H2/t5-,6-,7-,8+,9-/m1/s1. The van der Waals surface area contributed by atoms with Crippen molar-refractivity contribution in [2.75, 3.05) is 6.61 Å². The first-order chi connectivity index (χ1) is 6.19. The molecule has 0 amide bonds. The Morgan fingerprint density at radius 1 is 1.46 bits per heavy atom. The lowest BCUT2D eigenvalue weighted by Crippen LogP contribution is -2.44. The van der Waals surface area contributed by atoms with Gasteiger partial charge >= 0.3 is 0 Å². The van der Waals surface area contributed by atoms with Gasteiger partial charge in [-0.1, -0.05) is 12.2 Å². The third kappa shape index (κ3) is 0.942. The van der Waals surface area contributed by atoms with Gasteiger partial charge in [0.2, 0.25) is 0 Å². The van der Waals surface area contributed by atoms with E-state index in [1.54, 1.807) is 6.08 Å². The summed E-state index contributed by atoms with van der Waals surface area (Å²) in [5.74, 6) is 0.178. The second kappa shape index (κ2) is 2.33. The molecule has 3 rings (SSSR count). The summed E-state index contributed by atoms with van der Waals surface area (Å²) < 4.78 is 10.5. The Morgan fingerprint density at radius 2 is 2.31 bits per heavy atom. The van der Waals surface area contributed by atoms with Crippen LogP contribution in [-0.2, 0) is 9.47 Å². The molecule has 0 unspecified atom stereocenters. The molecule has 2 aliphatic heterocycles. The fraction of sp³-hybridized carbons (Fsp3) is 0.778. The highest BCUT2D eigenvalue weighted by Crippen LogP contribution is 2.48. The van der Waals surface area contributed by atoms with Crippen molar-refractivity contribution < 1.29 is 19.7 Å². The van der Waals surface area contributed by atoms with Crippen LogP contribution in [0.2, 0.25) is 0 Å². The van der Waals surface area contributed by atoms with E-state index in [4.69, 9.17) is 9.47 Å². The molecule has 0 saturated carbocycles. The Hall–Kier alpha value is -0.420. The maximum atomic E-state index is 10.0. The zero-order chi connectivity index (χ0) is 9.05. The molecule has 0 bridgehead atoms. The molecule has 4 heteroatoms. The van der Waals surface area contributed by atoms with Crippen molar-refractivity contribution in [1.82, 2.24) is 0 Å². The molecular weight excluding hydrogens is 172 g/mol. The highest BCUT2D eigenvalue weighted by atomic mass is 16.7. The van der Waals surface area contributed by atoms with Crippen LogP contribution in [0.4, 0.5) is 0 Å². The van der Waals surface area contributed by atoms with Crippen LogP contribution in [-0.4, -0.2) is 35.0 Å². The van der Waals surface area contributed by atoms with Crippen molar-refractivity contribution >= 4 is 0 Å². The van der Waals surface area contributed by atoms with E-state index in [1.807, 2.05) is 6.08 Å². The predicted molar refractivity (Wildman–Crippen MR) is 42.5 cm³/mol. The van der Waals surface area contributed by atoms with Crippen LogP contribution in [0.1, 0.15) is 6.42 Å². The molecule has 4 nitrogen and oxygen atoms in total. The van der Waals surface area contributed by atoms with Crippen LogP contribution in [0.3, 0.4) is 0 Å². The quantitative estimate of drug-likeness (QED) is 0.504. The van der Waals surface area contributed by atoms with E-state index in [-0.39, 0.29) is 18.4 Å². The van der Waals surface area contributed by atoms with Gasteiger partial charge in [-0.25, -0.2) is 0 Å². The summed E-state index contributed by atoms with van der Waals surface area (Å²) in [5.41, 5.74) is -0.852. The van der Waals surface area contributed by atoms with Crippen molar-refractivity contribution in [3.8, 4) is 0 Å². The molecule has 2 N–H and O–H groups in total. The maximum Gasteiger partial charge on any atom is 0.167 e. The summed E-state index contributed by atoms with van der Waals surface area (Å²) in [7, 11) is 0. The Morgan fingerprint density at radius 3 is 3.15 bits per heavy atom. The monoisotopic (exact) mass is 184 g/mol. The van der Waals surface area contributed by atoms with Crippen molar-refractivity contribution in [3.63, 3.8) is 0 Å². The molecule has 5 atom stereocenters. The predicted octanol–water partition coefficient (Wildman–Crippen LogP) is -0.385. The number of aliphatic hydroxyl groups is 2. The number of rotatable bonds is 0. The van der Waals surface area contributed by atoms with E-state index in [1.165, 1.54) is 0 Å². The Balaban J connectivity index is 1.95. The normalized spacial score (nSPS) is 58.3. The van der Waals surface area contributed by atoms with Gasteiger partial charge in [-0.2, -0.15) is 0 Å². The molecule has 0 aromatic carbocycles. The first kappa shape index (κ1) is 7.94. The molecule has 2 heterocycles. The average molecular weight is 184 g/mol. The van der Waals surface area contributed by atoms with Crippen LogP contribution in [0.25, 0.3) is 0 Å². The summed E-state index contributed by atoms with van der Waals surface area (Å²) in [6.45, 7) is 0.280. The number of ether oxygens (including phenoxy) is 2. The minimum atomic E-state index is -0.852. The average Bonchev–Trinajstić information content (AvgIpc) is 2.56. The molecule has 2 fully saturated rings. The van der Waals surface area contributed by atoms with Crippen molar-refractivity contribution in [2.24, 2.45) is 11.8 Å². The smallest absolute Gasteiger partial charge is 0.167 e. The fourth-order valence-electron chi connectivity index (χ4n) is 2.59. The third-order valence-electron chi connectivity index (χ3n) is 3.21. The van der Waals surface area contributed by atoms with E-state index in [9.17, 15) is 10.2 Å². The van der Waals surface area contributed by atoms with Gasteiger partial charge in [-0.15, -0.1) is 0 Å². The van der Waals surface area contributed by atoms with Crippen molar-refractivity contribution in [1.29, 1.82) is 0 Å². The number of aliphatic hydroxyl groups excluding tert-OH is 1. The van der Waals surface area contributed by atoms with Crippen LogP contribution >= 0.6 is 0 Å². The highest BCUT2D eigenvalue weighted by Gasteiger charge is 2.57. The number of hydrogen-bond donors (Lipinski definition) is 2. The van der Waals surface area contributed by atoms with Gasteiger partial charge in [0, 0.05) is 6.42 Å². The molecule has 13 heavy (non-hydrogen) atoms. The summed E-state index contributed by atoms with van der Waals surface area (Å²) >= 11 is 0. The summed E-state index contributed by atoms with van der Waals surface area (Å²) in [4.78, 5) is 0. The Kier molecular flexibility index (Phi) is 1.42. The topological polar surface area (TPSA) is 58.9 Å². The second-order valence-electron chi connectivity index (χ2n) is 4.05. The number of allylic oxidation sites excluding steroid dienone is 1. The first-order valence-electron chi connectivity index (χ1n) is 4.56. The minimum absolute atomic E-state index is 0.0177. The van der Waals surface area contributed by atoms with Gasteiger partial charge in [-0.05, 0) is 5.92 Å². The molecule has 0 spiro atoms. The molecule has 3 aliphatic rings. The lowest BCUT2D eigenvalue weighted by atomic mass is 9.83. The minimum Gasteiger partial charge on any atom is -0.383 e. The zero-order valence-electron chi connectivity index (χ0n) is 7.09. The van der Waals surface area contributed by atoms with Gasteiger partial charge in [0.15, 0.2) is 12.6 Å². The fourth-order valence-corrected chi connectivity index (χ4v) is 2.59. The SMILES string of the molecule is O[C@H]1C[C@H]2C=C[C@@]3(O)CO[C@@H](O1)[C@@H]23. The summed E-state index contributed by atoms with van der Waals surface area (Å²) in [5, 5.41) is 19.4. The Labute approximate surface area is 75.8 Å². The van der Waals surface area contributed by atoms with Gasteiger partial charge in [-0.3, -0.25) is 0 Å². The lowest BCUT2D eigenvalue weighted by molar-refractivity contribution is -0.257. The van der Waals surface area contributed by atoms with Crippen LogP contribution in [0.5, 0.6) is 0 Å². The largest absolute Gasteiger partial charge is 0.383 e. The molecule has 2 saturated heterocycles. The van der Waals surface area contributed by atoms with E-state index in [0.29, 0.717) is 6.42 Å². The molecule has 0 aromatic rings. The van der Waals surface area contributed by atoms with Gasteiger partial charge < -0.3 is 19.7 Å². The van der Waals surface area contributed by atoms with Crippen LogP contribution < -0.4 is 0 Å². The first-order valence-corrected chi connectivity index (χ1v) is 4.56. The summed E-state index contributed by atoms with van der Waals surface area (Å²) in [6.07, 6.45) is 3.11. The van der Waals surface area contributed by atoms with E-state index in [2.05, 4.69) is 0 Å². The van der Waals surface area contributed by atoms with E-state index >= 15 is 0 Å². The highest BCUT2D eigenvalue weighted by molar-refractivity contribution is 5.20. The molecule has 0 aromatic heterocycles. The van der Waals surface area contributed by atoms with Gasteiger partial charge in [0.1, 0.15) is 5.60 Å². The number of hydrogen-bond acceptors (Lipinski definition) is 4. The molecular formula is C9H12O4. The summed E-state index contributed by atoms with van der Waals surface area (Å²) in [6, 6.07) is 0. The zero-order valence-corrected chi connectivity index (χ0v) is 7.09.